The molecule has 1 heterocycles. The van der Waals surface area contributed by atoms with E-state index in [1.54, 1.807) is 0 Å². The van der Waals surface area contributed by atoms with Crippen LogP contribution in [0, 0.1) is 0 Å². The van der Waals surface area contributed by atoms with E-state index in [9.17, 15) is 14.4 Å². The van der Waals surface area contributed by atoms with Gasteiger partial charge in [0.1, 0.15) is 5.75 Å². The van der Waals surface area contributed by atoms with Gasteiger partial charge in [-0.1, -0.05) is 12.1 Å². The number of benzene rings is 1. The van der Waals surface area contributed by atoms with E-state index in [4.69, 9.17) is 10.8 Å². The van der Waals surface area contributed by atoms with Gasteiger partial charge < -0.3 is 16.2 Å². The molecule has 0 bridgehead atoms. The minimum absolute atomic E-state index is 0.0295. The first-order valence-electron chi connectivity index (χ1n) is 4.70. The van der Waals surface area contributed by atoms with Crippen molar-refractivity contribution in [2.24, 2.45) is 5.73 Å². The van der Waals surface area contributed by atoms with E-state index in [1.165, 1.54) is 24.3 Å². The van der Waals surface area contributed by atoms with Gasteiger partial charge in [0.05, 0.1) is 0 Å². The number of imide groups is 1. The van der Waals surface area contributed by atoms with Crippen molar-refractivity contribution in [3.63, 3.8) is 0 Å². The van der Waals surface area contributed by atoms with Crippen molar-refractivity contribution >= 4 is 17.8 Å². The lowest BCUT2D eigenvalue weighted by atomic mass is 9.89. The van der Waals surface area contributed by atoms with Crippen molar-refractivity contribution in [1.82, 2.24) is 10.6 Å². The second-order valence-corrected chi connectivity index (χ2v) is 3.57. The van der Waals surface area contributed by atoms with E-state index in [-0.39, 0.29) is 11.3 Å². The number of hydrogen-bond acceptors (Lipinski definition) is 4. The molecule has 1 fully saturated rings. The van der Waals surface area contributed by atoms with Crippen LogP contribution in [0.4, 0.5) is 4.79 Å². The molecule has 0 aromatic heterocycles. The molecule has 88 valence electrons. The van der Waals surface area contributed by atoms with E-state index in [2.05, 4.69) is 5.32 Å². The van der Waals surface area contributed by atoms with Gasteiger partial charge in [-0.15, -0.1) is 0 Å². The molecule has 1 saturated heterocycles. The van der Waals surface area contributed by atoms with Gasteiger partial charge in [0.25, 0.3) is 11.8 Å². The Balaban J connectivity index is 2.56. The zero-order valence-corrected chi connectivity index (χ0v) is 8.56. The van der Waals surface area contributed by atoms with Crippen molar-refractivity contribution in [3.8, 4) is 5.75 Å². The third-order valence-electron chi connectivity index (χ3n) is 2.54. The summed E-state index contributed by atoms with van der Waals surface area (Å²) in [6.07, 6.45) is 0. The number of phenols is 1. The molecule has 0 aliphatic carbocycles. The summed E-state index contributed by atoms with van der Waals surface area (Å²) in [5.74, 6) is -1.86. The highest BCUT2D eigenvalue weighted by atomic mass is 16.3. The first-order valence-corrected chi connectivity index (χ1v) is 4.70. The van der Waals surface area contributed by atoms with Crippen LogP contribution in [-0.4, -0.2) is 23.0 Å². The van der Waals surface area contributed by atoms with Crippen LogP contribution in [0.5, 0.6) is 5.75 Å². The molecule has 1 atom stereocenters. The molecule has 4 amide bonds. The molecule has 0 spiro atoms. The van der Waals surface area contributed by atoms with Crippen LogP contribution in [0.15, 0.2) is 24.3 Å². The van der Waals surface area contributed by atoms with E-state index in [0.29, 0.717) is 0 Å². The Morgan fingerprint density at radius 1 is 1.24 bits per heavy atom. The lowest BCUT2D eigenvalue weighted by Crippen LogP contribution is -2.54. The van der Waals surface area contributed by atoms with Crippen LogP contribution in [0.25, 0.3) is 0 Å². The Bertz CT molecular complexity index is 511. The number of amides is 4. The van der Waals surface area contributed by atoms with Crippen LogP contribution in [-0.2, 0) is 15.1 Å². The Morgan fingerprint density at radius 3 is 2.24 bits per heavy atom. The fourth-order valence-corrected chi connectivity index (χ4v) is 1.69. The van der Waals surface area contributed by atoms with Gasteiger partial charge in [0.15, 0.2) is 0 Å². The standard InChI is InChI=1S/C10H9N3O4/c11-7(15)10(8(16)12-9(17)13-10)5-1-3-6(14)4-2-5/h1-4,14H,(H2,11,15)(H2,12,13,16,17)/t10-/m0/s1. The molecule has 1 aromatic carbocycles. The van der Waals surface area contributed by atoms with Crippen LogP contribution < -0.4 is 16.4 Å². The first-order chi connectivity index (χ1) is 7.96. The van der Waals surface area contributed by atoms with Crippen LogP contribution in [0.1, 0.15) is 5.56 Å². The molecule has 1 aromatic rings. The maximum atomic E-state index is 11.7. The van der Waals surface area contributed by atoms with E-state index in [1.807, 2.05) is 5.32 Å². The number of rotatable bonds is 2. The highest BCUT2D eigenvalue weighted by Gasteiger charge is 2.52. The zero-order chi connectivity index (χ0) is 12.6. The van der Waals surface area contributed by atoms with E-state index >= 15 is 0 Å². The summed E-state index contributed by atoms with van der Waals surface area (Å²) < 4.78 is 0. The number of aromatic hydroxyl groups is 1. The van der Waals surface area contributed by atoms with E-state index in [0.717, 1.165) is 0 Å². The van der Waals surface area contributed by atoms with Gasteiger partial charge in [-0.2, -0.15) is 0 Å². The molecule has 17 heavy (non-hydrogen) atoms. The molecule has 0 radical (unpaired) electrons. The highest BCUT2D eigenvalue weighted by molar-refractivity contribution is 6.20. The number of carbonyl (C=O) groups is 3. The van der Waals surface area contributed by atoms with Gasteiger partial charge in [-0.25, -0.2) is 4.79 Å². The summed E-state index contributed by atoms with van der Waals surface area (Å²) in [5.41, 5.74) is 3.45. The lowest BCUT2D eigenvalue weighted by Gasteiger charge is -2.22. The highest BCUT2D eigenvalue weighted by Crippen LogP contribution is 2.26. The topological polar surface area (TPSA) is 122 Å². The smallest absolute Gasteiger partial charge is 0.323 e. The fraction of sp³-hybridized carbons (Fsp3) is 0.100. The summed E-state index contributed by atoms with van der Waals surface area (Å²) in [4.78, 5) is 34.2. The minimum Gasteiger partial charge on any atom is -0.508 e. The van der Waals surface area contributed by atoms with Gasteiger partial charge in [0.2, 0.25) is 5.54 Å². The third-order valence-corrected chi connectivity index (χ3v) is 2.54. The summed E-state index contributed by atoms with van der Waals surface area (Å²) in [6, 6.07) is 4.47. The summed E-state index contributed by atoms with van der Waals surface area (Å²) in [6.45, 7) is 0. The number of primary amides is 1. The Kier molecular flexibility index (Phi) is 2.24. The number of nitrogens with two attached hydrogens (primary N) is 1. The molecule has 0 saturated carbocycles. The van der Waals surface area contributed by atoms with Gasteiger partial charge in [0, 0.05) is 0 Å². The third kappa shape index (κ3) is 1.48. The maximum Gasteiger partial charge on any atom is 0.323 e. The predicted octanol–water partition coefficient (Wildman–Crippen LogP) is -1.09. The average Bonchev–Trinajstić information content (AvgIpc) is 2.56. The zero-order valence-electron chi connectivity index (χ0n) is 8.56. The number of urea groups is 1. The number of carbonyl (C=O) groups excluding carboxylic acids is 3. The molecular formula is C10H9N3O4. The van der Waals surface area contributed by atoms with Crippen LogP contribution in [0.2, 0.25) is 0 Å². The maximum absolute atomic E-state index is 11.7. The quantitative estimate of drug-likeness (QED) is 0.384. The Morgan fingerprint density at radius 2 is 1.82 bits per heavy atom. The molecule has 1 aliphatic rings. The van der Waals surface area contributed by atoms with Crippen molar-refractivity contribution in [1.29, 1.82) is 0 Å². The number of phenolic OH excluding ortho intramolecular Hbond substituents is 1. The molecule has 0 unspecified atom stereocenters. The second kappa shape index (κ2) is 3.48. The van der Waals surface area contributed by atoms with E-state index < -0.39 is 23.4 Å². The van der Waals surface area contributed by atoms with Crippen LogP contribution in [0.3, 0.4) is 0 Å². The van der Waals surface area contributed by atoms with Crippen molar-refractivity contribution in [2.75, 3.05) is 0 Å². The fourth-order valence-electron chi connectivity index (χ4n) is 1.69. The predicted molar refractivity (Wildman–Crippen MR) is 55.7 cm³/mol. The molecule has 5 N–H and O–H groups in total. The normalized spacial score (nSPS) is 23.1. The summed E-state index contributed by atoms with van der Waals surface area (Å²) >= 11 is 0. The minimum atomic E-state index is -1.91. The molecule has 1 aliphatic heterocycles. The van der Waals surface area contributed by atoms with Crippen LogP contribution >= 0.6 is 0 Å². The first kappa shape index (κ1) is 10.9. The average molecular weight is 235 g/mol. The summed E-state index contributed by atoms with van der Waals surface area (Å²) in [5, 5.41) is 13.3. The lowest BCUT2D eigenvalue weighted by molar-refractivity contribution is -0.134. The largest absolute Gasteiger partial charge is 0.508 e. The van der Waals surface area contributed by atoms with Crippen molar-refractivity contribution in [2.45, 2.75) is 5.54 Å². The van der Waals surface area contributed by atoms with Crippen molar-refractivity contribution < 1.29 is 19.5 Å². The van der Waals surface area contributed by atoms with Gasteiger partial charge >= 0.3 is 6.03 Å². The van der Waals surface area contributed by atoms with Gasteiger partial charge in [-0.3, -0.25) is 14.9 Å². The molecule has 2 rings (SSSR count). The monoisotopic (exact) mass is 235 g/mol. The van der Waals surface area contributed by atoms with Gasteiger partial charge in [-0.05, 0) is 17.7 Å². The summed E-state index contributed by atoms with van der Waals surface area (Å²) in [7, 11) is 0. The molecular weight excluding hydrogens is 226 g/mol. The van der Waals surface area contributed by atoms with Crippen molar-refractivity contribution in [3.05, 3.63) is 29.8 Å². The Labute approximate surface area is 95.6 Å². The number of nitrogens with one attached hydrogen (secondary N) is 2. The Hall–Kier alpha value is -2.57. The number of hydrogen-bond donors (Lipinski definition) is 4. The SMILES string of the molecule is NC(=O)[C@]1(c2ccc(O)cc2)NC(=O)NC1=O. The second-order valence-electron chi connectivity index (χ2n) is 3.57. The molecule has 7 heteroatoms. The molecule has 7 nitrogen and oxygen atoms in total.